The Kier molecular flexibility index (Phi) is 4.19. The molecule has 1 fully saturated rings. The molecule has 16 heavy (non-hydrogen) atoms. The summed E-state index contributed by atoms with van der Waals surface area (Å²) in [7, 11) is 2.14. The molecule has 2 N–H and O–H groups in total. The largest absolute Gasteiger partial charge is 0.373 e. The second-order valence-electron chi connectivity index (χ2n) is 4.40. The molecule has 3 nitrogen and oxygen atoms in total. The van der Waals surface area contributed by atoms with Crippen LogP contribution in [-0.4, -0.2) is 39.3 Å². The molecule has 0 bridgehead atoms. The summed E-state index contributed by atoms with van der Waals surface area (Å²) in [5, 5.41) is 6.94. The molecule has 0 amide bonds. The molecule has 1 aliphatic rings. The molecule has 0 spiro atoms. The molecule has 0 aliphatic carbocycles. The molecular formula is C13H21N3. The third-order valence-electron chi connectivity index (χ3n) is 3.14. The quantitative estimate of drug-likeness (QED) is 0.776. The van der Waals surface area contributed by atoms with Crippen LogP contribution in [0.4, 0.5) is 5.69 Å². The average molecular weight is 219 g/mol. The highest BCUT2D eigenvalue weighted by Crippen LogP contribution is 2.09. The Morgan fingerprint density at radius 2 is 2.19 bits per heavy atom. The van der Waals surface area contributed by atoms with Crippen molar-refractivity contribution in [2.24, 2.45) is 0 Å². The third-order valence-corrected chi connectivity index (χ3v) is 3.14. The number of benzene rings is 1. The summed E-state index contributed by atoms with van der Waals surface area (Å²) >= 11 is 0. The molecular weight excluding hydrogens is 198 g/mol. The van der Waals surface area contributed by atoms with Crippen molar-refractivity contribution in [2.75, 3.05) is 38.1 Å². The first-order valence-electron chi connectivity index (χ1n) is 6.06. The van der Waals surface area contributed by atoms with Gasteiger partial charge < -0.3 is 15.5 Å². The van der Waals surface area contributed by atoms with Gasteiger partial charge in [0.15, 0.2) is 0 Å². The van der Waals surface area contributed by atoms with Gasteiger partial charge in [0.05, 0.1) is 0 Å². The molecule has 2 rings (SSSR count). The minimum atomic E-state index is 0.671. The Morgan fingerprint density at radius 3 is 2.88 bits per heavy atom. The minimum absolute atomic E-state index is 0.671. The van der Waals surface area contributed by atoms with E-state index in [1.165, 1.54) is 12.1 Å². The van der Waals surface area contributed by atoms with E-state index in [0.717, 1.165) is 26.2 Å². The molecule has 88 valence electrons. The van der Waals surface area contributed by atoms with Crippen molar-refractivity contribution in [3.8, 4) is 0 Å². The van der Waals surface area contributed by atoms with E-state index in [-0.39, 0.29) is 0 Å². The Morgan fingerprint density at radius 1 is 1.38 bits per heavy atom. The van der Waals surface area contributed by atoms with Crippen LogP contribution in [-0.2, 0) is 0 Å². The van der Waals surface area contributed by atoms with E-state index in [1.807, 2.05) is 0 Å². The number of anilines is 1. The highest BCUT2D eigenvalue weighted by molar-refractivity contribution is 5.44. The molecule has 1 aromatic rings. The van der Waals surface area contributed by atoms with Crippen LogP contribution in [0.1, 0.15) is 6.42 Å². The van der Waals surface area contributed by atoms with E-state index in [9.17, 15) is 0 Å². The van der Waals surface area contributed by atoms with Gasteiger partial charge in [-0.1, -0.05) is 18.2 Å². The van der Waals surface area contributed by atoms with Crippen molar-refractivity contribution in [2.45, 2.75) is 12.5 Å². The lowest BCUT2D eigenvalue weighted by molar-refractivity contribution is 0.550. The van der Waals surface area contributed by atoms with Gasteiger partial charge in [0.2, 0.25) is 0 Å². The fraction of sp³-hybridized carbons (Fsp3) is 0.538. The van der Waals surface area contributed by atoms with E-state index in [0.29, 0.717) is 6.04 Å². The van der Waals surface area contributed by atoms with Gasteiger partial charge in [0.25, 0.3) is 0 Å². The summed E-state index contributed by atoms with van der Waals surface area (Å²) in [6.45, 7) is 4.39. The first-order chi connectivity index (χ1) is 7.86. The fourth-order valence-corrected chi connectivity index (χ4v) is 2.08. The number of rotatable bonds is 5. The van der Waals surface area contributed by atoms with Gasteiger partial charge in [-0.05, 0) is 25.1 Å². The molecule has 0 radical (unpaired) electrons. The average Bonchev–Trinajstić information content (AvgIpc) is 2.83. The molecule has 1 aromatic carbocycles. The summed E-state index contributed by atoms with van der Waals surface area (Å²) in [4.78, 5) is 2.29. The van der Waals surface area contributed by atoms with E-state index < -0.39 is 0 Å². The van der Waals surface area contributed by atoms with E-state index in [2.05, 4.69) is 52.9 Å². The van der Waals surface area contributed by atoms with Gasteiger partial charge in [-0.15, -0.1) is 0 Å². The molecule has 0 aromatic heterocycles. The highest BCUT2D eigenvalue weighted by atomic mass is 15.1. The van der Waals surface area contributed by atoms with Crippen LogP contribution in [0.25, 0.3) is 0 Å². The van der Waals surface area contributed by atoms with Gasteiger partial charge in [0.1, 0.15) is 0 Å². The highest BCUT2D eigenvalue weighted by Gasteiger charge is 2.12. The topological polar surface area (TPSA) is 27.3 Å². The summed E-state index contributed by atoms with van der Waals surface area (Å²) in [5.74, 6) is 0. The Bertz CT molecular complexity index is 293. The summed E-state index contributed by atoms with van der Waals surface area (Å²) in [5.41, 5.74) is 1.29. The molecule has 0 saturated carbocycles. The van der Waals surface area contributed by atoms with Gasteiger partial charge in [-0.3, -0.25) is 0 Å². The molecule has 3 heteroatoms. The molecule has 1 saturated heterocycles. The lowest BCUT2D eigenvalue weighted by Crippen LogP contribution is -2.37. The van der Waals surface area contributed by atoms with Crippen molar-refractivity contribution < 1.29 is 0 Å². The van der Waals surface area contributed by atoms with E-state index in [1.54, 1.807) is 0 Å². The maximum atomic E-state index is 3.58. The smallest absolute Gasteiger partial charge is 0.0364 e. The molecule has 1 heterocycles. The molecule has 1 atom stereocenters. The standard InChI is InChI=1S/C13H21N3/c1-16(13-5-3-2-4-6-13)10-9-15-12-7-8-14-11-12/h2-6,12,14-15H,7-11H2,1H3. The number of nitrogens with one attached hydrogen (secondary N) is 2. The Labute approximate surface area is 97.8 Å². The molecule has 1 unspecified atom stereocenters. The number of hydrogen-bond donors (Lipinski definition) is 2. The minimum Gasteiger partial charge on any atom is -0.373 e. The van der Waals surface area contributed by atoms with Crippen LogP contribution < -0.4 is 15.5 Å². The number of likely N-dealkylation sites (N-methyl/N-ethyl adjacent to an activating group) is 1. The van der Waals surface area contributed by atoms with Crippen molar-refractivity contribution >= 4 is 5.69 Å². The first kappa shape index (κ1) is 11.4. The summed E-state index contributed by atoms with van der Waals surface area (Å²) in [6, 6.07) is 11.2. The zero-order chi connectivity index (χ0) is 11.2. The van der Waals surface area contributed by atoms with Gasteiger partial charge in [-0.2, -0.15) is 0 Å². The van der Waals surface area contributed by atoms with Crippen LogP contribution in [0.3, 0.4) is 0 Å². The number of para-hydroxylation sites is 1. The predicted octanol–water partition coefficient (Wildman–Crippen LogP) is 1.07. The van der Waals surface area contributed by atoms with Crippen molar-refractivity contribution in [1.29, 1.82) is 0 Å². The predicted molar refractivity (Wildman–Crippen MR) is 69.0 cm³/mol. The van der Waals surface area contributed by atoms with Crippen molar-refractivity contribution in [1.82, 2.24) is 10.6 Å². The lowest BCUT2D eigenvalue weighted by Gasteiger charge is -2.20. The SMILES string of the molecule is CN(CCNC1CCNC1)c1ccccc1. The number of nitrogens with zero attached hydrogens (tertiary/aromatic N) is 1. The van der Waals surface area contributed by atoms with E-state index in [4.69, 9.17) is 0 Å². The summed E-state index contributed by atoms with van der Waals surface area (Å²) in [6.07, 6.45) is 1.26. The van der Waals surface area contributed by atoms with Crippen LogP contribution in [0.15, 0.2) is 30.3 Å². The first-order valence-corrected chi connectivity index (χ1v) is 6.06. The number of hydrogen-bond acceptors (Lipinski definition) is 3. The maximum absolute atomic E-state index is 3.58. The fourth-order valence-electron chi connectivity index (χ4n) is 2.08. The van der Waals surface area contributed by atoms with E-state index >= 15 is 0 Å². The second-order valence-corrected chi connectivity index (χ2v) is 4.40. The van der Waals surface area contributed by atoms with Crippen molar-refractivity contribution in [3.05, 3.63) is 30.3 Å². The maximum Gasteiger partial charge on any atom is 0.0364 e. The van der Waals surface area contributed by atoms with Gasteiger partial charge >= 0.3 is 0 Å². The third kappa shape index (κ3) is 3.22. The lowest BCUT2D eigenvalue weighted by atomic mass is 10.2. The molecule has 1 aliphatic heterocycles. The van der Waals surface area contributed by atoms with Gasteiger partial charge in [-0.25, -0.2) is 0 Å². The zero-order valence-electron chi connectivity index (χ0n) is 9.95. The zero-order valence-corrected chi connectivity index (χ0v) is 9.95. The normalized spacial score (nSPS) is 19.9. The monoisotopic (exact) mass is 219 g/mol. The van der Waals surface area contributed by atoms with Crippen LogP contribution >= 0.6 is 0 Å². The van der Waals surface area contributed by atoms with Crippen LogP contribution in [0, 0.1) is 0 Å². The van der Waals surface area contributed by atoms with Crippen LogP contribution in [0.5, 0.6) is 0 Å². The Balaban J connectivity index is 1.69. The Hall–Kier alpha value is -1.06. The second kappa shape index (κ2) is 5.87. The van der Waals surface area contributed by atoms with Crippen LogP contribution in [0.2, 0.25) is 0 Å². The summed E-state index contributed by atoms with van der Waals surface area (Å²) < 4.78 is 0. The van der Waals surface area contributed by atoms with Gasteiger partial charge in [0, 0.05) is 38.4 Å². The van der Waals surface area contributed by atoms with Crippen molar-refractivity contribution in [3.63, 3.8) is 0 Å².